The number of hydrogen-bond donors (Lipinski definition) is 1. The lowest BCUT2D eigenvalue weighted by Gasteiger charge is -2.21. The van der Waals surface area contributed by atoms with Gasteiger partial charge in [0.25, 0.3) is 0 Å². The van der Waals surface area contributed by atoms with Gasteiger partial charge in [0.1, 0.15) is 5.76 Å². The summed E-state index contributed by atoms with van der Waals surface area (Å²) in [6.07, 6.45) is 0.338. The Morgan fingerprint density at radius 2 is 2.00 bits per heavy atom. The van der Waals surface area contributed by atoms with E-state index in [0.29, 0.717) is 18.1 Å². The summed E-state index contributed by atoms with van der Waals surface area (Å²) in [7, 11) is 1.58. The number of benzene rings is 1. The first-order valence-corrected chi connectivity index (χ1v) is 6.26. The lowest BCUT2D eigenvalue weighted by molar-refractivity contribution is 0.0189. The highest BCUT2D eigenvalue weighted by molar-refractivity contribution is 5.87. The number of nitrogens with zero attached hydrogens (tertiary/aromatic N) is 1. The molecule has 106 valence electrons. The van der Waals surface area contributed by atoms with Crippen LogP contribution in [0.25, 0.3) is 11.5 Å². The third-order valence-corrected chi connectivity index (χ3v) is 3.06. The van der Waals surface area contributed by atoms with Crippen molar-refractivity contribution in [3.8, 4) is 11.5 Å². The molecule has 0 spiro atoms. The number of ether oxygens (including phenoxy) is 1. The predicted molar refractivity (Wildman–Crippen MR) is 73.7 cm³/mol. The summed E-state index contributed by atoms with van der Waals surface area (Å²) >= 11 is 0. The van der Waals surface area contributed by atoms with Crippen LogP contribution in [0.3, 0.4) is 0 Å². The van der Waals surface area contributed by atoms with Crippen LogP contribution in [0.15, 0.2) is 34.7 Å². The lowest BCUT2D eigenvalue weighted by atomic mass is 10.0. The van der Waals surface area contributed by atoms with Crippen LogP contribution in [0.5, 0.6) is 0 Å². The zero-order valence-corrected chi connectivity index (χ0v) is 11.7. The van der Waals surface area contributed by atoms with Gasteiger partial charge in [0.2, 0.25) is 5.89 Å². The van der Waals surface area contributed by atoms with Crippen LogP contribution in [0.2, 0.25) is 0 Å². The van der Waals surface area contributed by atoms with Crippen molar-refractivity contribution < 1.29 is 19.1 Å². The van der Waals surface area contributed by atoms with Crippen molar-refractivity contribution in [3.63, 3.8) is 0 Å². The number of rotatable bonds is 5. The molecule has 1 aromatic carbocycles. The van der Waals surface area contributed by atoms with E-state index in [-0.39, 0.29) is 5.69 Å². The van der Waals surface area contributed by atoms with E-state index in [9.17, 15) is 9.90 Å². The molecule has 2 aromatic rings. The minimum Gasteiger partial charge on any atom is -0.476 e. The van der Waals surface area contributed by atoms with Gasteiger partial charge in [-0.05, 0) is 26.0 Å². The zero-order valence-electron chi connectivity index (χ0n) is 11.7. The summed E-state index contributed by atoms with van der Waals surface area (Å²) in [6, 6.07) is 9.21. The second-order valence-corrected chi connectivity index (χ2v) is 5.10. The highest BCUT2D eigenvalue weighted by Gasteiger charge is 2.27. The quantitative estimate of drug-likeness (QED) is 0.908. The van der Waals surface area contributed by atoms with Crippen LogP contribution in [0, 0.1) is 0 Å². The Morgan fingerprint density at radius 1 is 1.35 bits per heavy atom. The van der Waals surface area contributed by atoms with E-state index < -0.39 is 11.6 Å². The van der Waals surface area contributed by atoms with E-state index in [1.807, 2.05) is 44.2 Å². The molecule has 0 fully saturated rings. The largest absolute Gasteiger partial charge is 0.476 e. The number of aromatic nitrogens is 1. The first kappa shape index (κ1) is 14.3. The molecule has 0 bridgehead atoms. The summed E-state index contributed by atoms with van der Waals surface area (Å²) in [5, 5.41) is 9.23. The molecule has 0 atom stereocenters. The molecule has 0 aliphatic rings. The van der Waals surface area contributed by atoms with Gasteiger partial charge in [0.15, 0.2) is 5.69 Å². The number of carbonyl (C=O) groups is 1. The maximum Gasteiger partial charge on any atom is 0.358 e. The molecule has 1 N–H and O–H groups in total. The fourth-order valence-electron chi connectivity index (χ4n) is 1.80. The molecule has 20 heavy (non-hydrogen) atoms. The topological polar surface area (TPSA) is 72.6 Å². The molecule has 5 heteroatoms. The maximum atomic E-state index is 11.3. The average molecular weight is 275 g/mol. The van der Waals surface area contributed by atoms with Crippen molar-refractivity contribution in [2.24, 2.45) is 0 Å². The van der Waals surface area contributed by atoms with Gasteiger partial charge in [-0.1, -0.05) is 18.2 Å². The summed E-state index contributed by atoms with van der Waals surface area (Å²) in [5.74, 6) is -0.467. The second-order valence-electron chi connectivity index (χ2n) is 5.10. The number of oxazole rings is 1. The number of methoxy groups -OCH3 is 1. The molecule has 0 aliphatic carbocycles. The van der Waals surface area contributed by atoms with E-state index in [2.05, 4.69) is 4.98 Å². The van der Waals surface area contributed by atoms with Crippen molar-refractivity contribution in [1.82, 2.24) is 4.98 Å². The van der Waals surface area contributed by atoms with Crippen molar-refractivity contribution >= 4 is 5.97 Å². The van der Waals surface area contributed by atoms with Gasteiger partial charge in [-0.25, -0.2) is 9.78 Å². The minimum atomic E-state index is -1.10. The Hall–Kier alpha value is -2.14. The maximum absolute atomic E-state index is 11.3. The number of aromatic carboxylic acids is 1. The van der Waals surface area contributed by atoms with Gasteiger partial charge in [-0.15, -0.1) is 0 Å². The van der Waals surface area contributed by atoms with E-state index in [4.69, 9.17) is 9.15 Å². The summed E-state index contributed by atoms with van der Waals surface area (Å²) < 4.78 is 10.9. The molecule has 0 unspecified atom stereocenters. The van der Waals surface area contributed by atoms with E-state index in [1.165, 1.54) is 0 Å². The Balaban J connectivity index is 2.42. The molecule has 0 aliphatic heterocycles. The molecule has 5 nitrogen and oxygen atoms in total. The third kappa shape index (κ3) is 3.05. The Labute approximate surface area is 117 Å². The molecule has 0 amide bonds. The Kier molecular flexibility index (Phi) is 3.90. The lowest BCUT2D eigenvalue weighted by Crippen LogP contribution is -2.26. The van der Waals surface area contributed by atoms with Gasteiger partial charge < -0.3 is 14.3 Å². The number of carboxylic acid groups (broad SMARTS) is 1. The standard InChI is InChI=1S/C15H17NO4/c1-15(2,19-3)9-11-12(14(17)18)16-13(20-11)10-7-5-4-6-8-10/h4-8H,9H2,1-3H3,(H,17,18). The summed E-state index contributed by atoms with van der Waals surface area (Å²) in [6.45, 7) is 3.73. The van der Waals surface area contributed by atoms with E-state index in [0.717, 1.165) is 5.56 Å². The van der Waals surface area contributed by atoms with Crippen LogP contribution in [0.1, 0.15) is 30.1 Å². The summed E-state index contributed by atoms with van der Waals surface area (Å²) in [4.78, 5) is 15.4. The molecule has 2 rings (SSSR count). The van der Waals surface area contributed by atoms with Crippen molar-refractivity contribution in [2.75, 3.05) is 7.11 Å². The van der Waals surface area contributed by atoms with Crippen LogP contribution >= 0.6 is 0 Å². The van der Waals surface area contributed by atoms with Crippen molar-refractivity contribution in [3.05, 3.63) is 41.8 Å². The molecular weight excluding hydrogens is 258 g/mol. The Bertz CT molecular complexity index is 602. The molecule has 0 radical (unpaired) electrons. The first-order valence-electron chi connectivity index (χ1n) is 6.26. The van der Waals surface area contributed by atoms with Gasteiger partial charge in [0.05, 0.1) is 5.60 Å². The number of carboxylic acids is 1. The molecule has 1 aromatic heterocycles. The van der Waals surface area contributed by atoms with Crippen molar-refractivity contribution in [1.29, 1.82) is 0 Å². The predicted octanol–water partition coefficient (Wildman–Crippen LogP) is 3.01. The highest BCUT2D eigenvalue weighted by atomic mass is 16.5. The average Bonchev–Trinajstić information content (AvgIpc) is 2.83. The van der Waals surface area contributed by atoms with Crippen LogP contribution in [-0.2, 0) is 11.2 Å². The van der Waals surface area contributed by atoms with Crippen LogP contribution < -0.4 is 0 Å². The third-order valence-electron chi connectivity index (χ3n) is 3.06. The van der Waals surface area contributed by atoms with Crippen molar-refractivity contribution in [2.45, 2.75) is 25.9 Å². The zero-order chi connectivity index (χ0) is 14.8. The summed E-state index contributed by atoms with van der Waals surface area (Å²) in [5.41, 5.74) is 0.169. The normalized spacial score (nSPS) is 11.6. The van der Waals surface area contributed by atoms with E-state index >= 15 is 0 Å². The fourth-order valence-corrected chi connectivity index (χ4v) is 1.80. The molecule has 0 saturated carbocycles. The van der Waals surface area contributed by atoms with Gasteiger partial charge in [-0.2, -0.15) is 0 Å². The monoisotopic (exact) mass is 275 g/mol. The molecular formula is C15H17NO4. The highest BCUT2D eigenvalue weighted by Crippen LogP contribution is 2.25. The first-order chi connectivity index (χ1) is 9.43. The fraction of sp³-hybridized carbons (Fsp3) is 0.333. The van der Waals surface area contributed by atoms with E-state index in [1.54, 1.807) is 7.11 Å². The smallest absolute Gasteiger partial charge is 0.358 e. The Morgan fingerprint density at radius 3 is 2.55 bits per heavy atom. The SMILES string of the molecule is COC(C)(C)Cc1oc(-c2ccccc2)nc1C(=O)O. The van der Waals surface area contributed by atoms with Gasteiger partial charge in [-0.3, -0.25) is 0 Å². The van der Waals surface area contributed by atoms with Crippen LogP contribution in [-0.4, -0.2) is 28.8 Å². The number of hydrogen-bond acceptors (Lipinski definition) is 4. The molecule has 0 saturated heterocycles. The van der Waals surface area contributed by atoms with Gasteiger partial charge >= 0.3 is 5.97 Å². The molecule has 1 heterocycles. The second kappa shape index (κ2) is 5.46. The van der Waals surface area contributed by atoms with Crippen LogP contribution in [0.4, 0.5) is 0 Å². The van der Waals surface area contributed by atoms with Gasteiger partial charge in [0, 0.05) is 19.1 Å². The minimum absolute atomic E-state index is 0.0611.